The van der Waals surface area contributed by atoms with Crippen molar-refractivity contribution >= 4 is 17.9 Å². The van der Waals surface area contributed by atoms with Gasteiger partial charge in [0.1, 0.15) is 5.60 Å². The maximum atomic E-state index is 13.0. The fourth-order valence-electron chi connectivity index (χ4n) is 3.95. The van der Waals surface area contributed by atoms with Crippen LogP contribution in [0.2, 0.25) is 0 Å². The molecule has 3 rings (SSSR count). The largest absolute Gasteiger partial charge is 0.444 e. The first-order valence-electron chi connectivity index (χ1n) is 9.33. The van der Waals surface area contributed by atoms with E-state index < -0.39 is 11.5 Å². The van der Waals surface area contributed by atoms with Crippen LogP contribution in [0.5, 0.6) is 0 Å². The van der Waals surface area contributed by atoms with Crippen molar-refractivity contribution < 1.29 is 19.1 Å². The molecule has 2 heterocycles. The molecule has 1 aromatic rings. The van der Waals surface area contributed by atoms with Gasteiger partial charge in [0.2, 0.25) is 5.91 Å². The van der Waals surface area contributed by atoms with E-state index in [2.05, 4.69) is 0 Å². The maximum absolute atomic E-state index is 13.0. The highest BCUT2D eigenvalue weighted by Gasteiger charge is 2.41. The van der Waals surface area contributed by atoms with Gasteiger partial charge in [0.15, 0.2) is 0 Å². The van der Waals surface area contributed by atoms with Gasteiger partial charge in [-0.2, -0.15) is 0 Å². The SMILES string of the molecule is CC1c2cccc(C(N)=O)c2C(=O)N1C1CCN(C(=O)OC(C)(C)C)CC1. The second kappa shape index (κ2) is 6.87. The standard InChI is InChI=1S/C20H27N3O4/c1-12-14-6-5-7-15(17(21)24)16(14)18(25)23(12)13-8-10-22(11-9-13)19(26)27-20(2,3)4/h5-7,12-13H,8-11H2,1-4H3,(H2,21,24). The molecule has 1 atom stereocenters. The number of ether oxygens (including phenoxy) is 1. The molecule has 146 valence electrons. The lowest BCUT2D eigenvalue weighted by Crippen LogP contribution is -2.48. The number of nitrogens with zero attached hydrogens (tertiary/aromatic N) is 2. The second-order valence-corrected chi connectivity index (χ2v) is 8.22. The van der Waals surface area contributed by atoms with Crippen LogP contribution in [0.1, 0.15) is 72.9 Å². The van der Waals surface area contributed by atoms with Gasteiger partial charge in [-0.3, -0.25) is 9.59 Å². The van der Waals surface area contributed by atoms with Gasteiger partial charge in [-0.15, -0.1) is 0 Å². The van der Waals surface area contributed by atoms with Crippen LogP contribution in [0.4, 0.5) is 4.79 Å². The number of hydrogen-bond acceptors (Lipinski definition) is 4. The molecule has 27 heavy (non-hydrogen) atoms. The molecule has 2 N–H and O–H groups in total. The van der Waals surface area contributed by atoms with Crippen LogP contribution in [0.3, 0.4) is 0 Å². The third-order valence-corrected chi connectivity index (χ3v) is 5.19. The average Bonchev–Trinajstić information content (AvgIpc) is 2.84. The van der Waals surface area contributed by atoms with E-state index in [9.17, 15) is 14.4 Å². The van der Waals surface area contributed by atoms with Crippen molar-refractivity contribution in [1.29, 1.82) is 0 Å². The molecule has 0 bridgehead atoms. The van der Waals surface area contributed by atoms with Crippen LogP contribution in [0, 0.1) is 0 Å². The molecule has 0 saturated carbocycles. The summed E-state index contributed by atoms with van der Waals surface area (Å²) >= 11 is 0. The number of nitrogens with two attached hydrogens (primary N) is 1. The number of fused-ring (bicyclic) bond motifs is 1. The third kappa shape index (κ3) is 3.63. The maximum Gasteiger partial charge on any atom is 0.410 e. The number of piperidine rings is 1. The highest BCUT2D eigenvalue weighted by Crippen LogP contribution is 2.38. The first-order valence-corrected chi connectivity index (χ1v) is 9.33. The van der Waals surface area contributed by atoms with Crippen molar-refractivity contribution in [3.05, 3.63) is 34.9 Å². The zero-order chi connectivity index (χ0) is 19.9. The van der Waals surface area contributed by atoms with E-state index in [1.54, 1.807) is 17.0 Å². The summed E-state index contributed by atoms with van der Waals surface area (Å²) in [5.74, 6) is -0.739. The lowest BCUT2D eigenvalue weighted by atomic mass is 9.99. The van der Waals surface area contributed by atoms with E-state index in [0.717, 1.165) is 5.56 Å². The van der Waals surface area contributed by atoms with E-state index in [1.807, 2.05) is 38.7 Å². The van der Waals surface area contributed by atoms with Gasteiger partial charge in [-0.25, -0.2) is 4.79 Å². The minimum Gasteiger partial charge on any atom is -0.444 e. The van der Waals surface area contributed by atoms with E-state index in [1.165, 1.54) is 0 Å². The number of amides is 3. The van der Waals surface area contributed by atoms with Crippen molar-refractivity contribution in [3.8, 4) is 0 Å². The molecular formula is C20H27N3O4. The molecule has 1 unspecified atom stereocenters. The molecule has 0 spiro atoms. The third-order valence-electron chi connectivity index (χ3n) is 5.19. The van der Waals surface area contributed by atoms with Crippen molar-refractivity contribution in [2.24, 2.45) is 5.73 Å². The molecule has 7 nitrogen and oxygen atoms in total. The van der Waals surface area contributed by atoms with Crippen LogP contribution >= 0.6 is 0 Å². The van der Waals surface area contributed by atoms with Crippen LogP contribution in [-0.2, 0) is 4.74 Å². The second-order valence-electron chi connectivity index (χ2n) is 8.22. The van der Waals surface area contributed by atoms with Gasteiger partial charge in [0.05, 0.1) is 17.2 Å². The fraction of sp³-hybridized carbons (Fsp3) is 0.550. The molecule has 1 aromatic carbocycles. The fourth-order valence-corrected chi connectivity index (χ4v) is 3.95. The molecule has 3 amide bonds. The number of carbonyl (C=O) groups is 3. The minimum atomic E-state index is -0.589. The number of rotatable bonds is 2. The van der Waals surface area contributed by atoms with Gasteiger partial charge in [0.25, 0.3) is 5.91 Å². The quantitative estimate of drug-likeness (QED) is 0.862. The molecule has 1 fully saturated rings. The molecule has 0 radical (unpaired) electrons. The number of carbonyl (C=O) groups excluding carboxylic acids is 3. The monoisotopic (exact) mass is 373 g/mol. The van der Waals surface area contributed by atoms with Crippen LogP contribution in [-0.4, -0.2) is 52.4 Å². The molecule has 0 aliphatic carbocycles. The van der Waals surface area contributed by atoms with Crippen molar-refractivity contribution in [2.75, 3.05) is 13.1 Å². The summed E-state index contributed by atoms with van der Waals surface area (Å²) in [7, 11) is 0. The van der Waals surface area contributed by atoms with Gasteiger partial charge < -0.3 is 20.3 Å². The summed E-state index contributed by atoms with van der Waals surface area (Å²) in [6, 6.07) is 5.13. The lowest BCUT2D eigenvalue weighted by molar-refractivity contribution is 0.0132. The number of hydrogen-bond donors (Lipinski definition) is 1. The minimum absolute atomic E-state index is 0.0133. The Hall–Kier alpha value is -2.57. The highest BCUT2D eigenvalue weighted by atomic mass is 16.6. The molecule has 2 aliphatic heterocycles. The summed E-state index contributed by atoms with van der Waals surface area (Å²) in [4.78, 5) is 40.5. The summed E-state index contributed by atoms with van der Waals surface area (Å²) in [6.45, 7) is 8.57. The van der Waals surface area contributed by atoms with Crippen molar-refractivity contribution in [3.63, 3.8) is 0 Å². The average molecular weight is 373 g/mol. The van der Waals surface area contributed by atoms with Gasteiger partial charge >= 0.3 is 6.09 Å². The topological polar surface area (TPSA) is 92.9 Å². The first-order chi connectivity index (χ1) is 12.6. The zero-order valence-corrected chi connectivity index (χ0v) is 16.3. The van der Waals surface area contributed by atoms with Gasteiger partial charge in [-0.1, -0.05) is 12.1 Å². The predicted octanol–water partition coefficient (Wildman–Crippen LogP) is 2.70. The van der Waals surface area contributed by atoms with Gasteiger partial charge in [-0.05, 0) is 52.2 Å². The summed E-state index contributed by atoms with van der Waals surface area (Å²) in [5, 5.41) is 0. The van der Waals surface area contributed by atoms with Crippen LogP contribution in [0.25, 0.3) is 0 Å². The Balaban J connectivity index is 1.72. The lowest BCUT2D eigenvalue weighted by Gasteiger charge is -2.39. The molecule has 0 aromatic heterocycles. The highest BCUT2D eigenvalue weighted by molar-refractivity contribution is 6.09. The molecule has 2 aliphatic rings. The molecular weight excluding hydrogens is 346 g/mol. The molecule has 7 heteroatoms. The normalized spacial score (nSPS) is 20.6. The Bertz CT molecular complexity index is 776. The first kappa shape index (κ1) is 19.2. The van der Waals surface area contributed by atoms with E-state index in [0.29, 0.717) is 31.5 Å². The van der Waals surface area contributed by atoms with Gasteiger partial charge in [0, 0.05) is 19.1 Å². The van der Waals surface area contributed by atoms with Crippen LogP contribution < -0.4 is 5.73 Å². The summed E-state index contributed by atoms with van der Waals surface area (Å²) < 4.78 is 5.43. The predicted molar refractivity (Wildman–Crippen MR) is 100 cm³/mol. The summed E-state index contributed by atoms with van der Waals surface area (Å²) in [6.07, 6.45) is 1.03. The zero-order valence-electron chi connectivity index (χ0n) is 16.3. The summed E-state index contributed by atoms with van der Waals surface area (Å²) in [5.41, 5.74) is 6.46. The van der Waals surface area contributed by atoms with Crippen LogP contribution in [0.15, 0.2) is 18.2 Å². The van der Waals surface area contributed by atoms with E-state index >= 15 is 0 Å². The van der Waals surface area contributed by atoms with E-state index in [-0.39, 0.29) is 29.6 Å². The smallest absolute Gasteiger partial charge is 0.410 e. The Morgan fingerprint density at radius 2 is 1.81 bits per heavy atom. The van der Waals surface area contributed by atoms with Crippen molar-refractivity contribution in [2.45, 2.75) is 58.2 Å². The Morgan fingerprint density at radius 1 is 1.19 bits per heavy atom. The Morgan fingerprint density at radius 3 is 2.37 bits per heavy atom. The molecule has 1 saturated heterocycles. The Labute approximate surface area is 159 Å². The Kier molecular flexibility index (Phi) is 4.88. The number of benzene rings is 1. The number of primary amides is 1. The van der Waals surface area contributed by atoms with Crippen molar-refractivity contribution in [1.82, 2.24) is 9.80 Å². The van der Waals surface area contributed by atoms with E-state index in [4.69, 9.17) is 10.5 Å². The number of likely N-dealkylation sites (tertiary alicyclic amines) is 1.